The van der Waals surface area contributed by atoms with Crippen LogP contribution in [0.2, 0.25) is 0 Å². The van der Waals surface area contributed by atoms with Crippen molar-refractivity contribution in [3.8, 4) is 0 Å². The Balaban J connectivity index is 2.06. The molecule has 0 aliphatic carbocycles. The lowest BCUT2D eigenvalue weighted by molar-refractivity contribution is -0.383. The van der Waals surface area contributed by atoms with Gasteiger partial charge in [-0.1, -0.05) is 30.3 Å². The maximum atomic E-state index is 12.5. The Morgan fingerprint density at radius 3 is 2.22 bits per heavy atom. The number of anilines is 1. The number of benzene rings is 2. The molecule has 0 fully saturated rings. The fourth-order valence-electron chi connectivity index (χ4n) is 3.19. The van der Waals surface area contributed by atoms with E-state index in [0.29, 0.717) is 24.1 Å². The molecule has 27 heavy (non-hydrogen) atoms. The van der Waals surface area contributed by atoms with Crippen molar-refractivity contribution < 1.29 is 9.72 Å². The smallest absolute Gasteiger partial charge is 0.320 e. The van der Waals surface area contributed by atoms with E-state index in [0.717, 1.165) is 5.56 Å². The fraction of sp³-hybridized carbons (Fsp3) is 0.263. The largest absolute Gasteiger partial charge is 0.329 e. The quantitative estimate of drug-likeness (QED) is 0.534. The normalized spacial score (nSPS) is 10.9. The van der Waals surface area contributed by atoms with Crippen LogP contribution in [0, 0.1) is 10.1 Å². The zero-order valence-corrected chi connectivity index (χ0v) is 15.1. The fourth-order valence-corrected chi connectivity index (χ4v) is 3.19. The number of nitrogens with one attached hydrogen (secondary N) is 1. The molecule has 0 atom stereocenters. The molecular weight excluding hydrogens is 348 g/mol. The summed E-state index contributed by atoms with van der Waals surface area (Å²) in [7, 11) is 0. The topological polar surface area (TPSA) is 99.2 Å². The van der Waals surface area contributed by atoms with Crippen molar-refractivity contribution in [3.05, 3.63) is 68.6 Å². The van der Waals surface area contributed by atoms with Gasteiger partial charge in [-0.05, 0) is 25.5 Å². The molecule has 1 heterocycles. The number of aryl methyl sites for hydroxylation is 2. The standard InChI is InChI=1S/C19H20N4O4/c1-3-21-16-11-14(20-18(24)10-13-8-6-5-7-9-13)15(23(26)27)12-17(16)22(4-2)19(21)25/h5-9,11-12H,3-4,10H2,1-2H3,(H,20,24). The van der Waals surface area contributed by atoms with Crippen LogP contribution in [-0.2, 0) is 24.3 Å². The number of fused-ring (bicyclic) bond motifs is 1. The molecule has 3 rings (SSSR count). The minimum absolute atomic E-state index is 0.0869. The number of nitro groups is 1. The molecule has 0 aliphatic rings. The summed E-state index contributed by atoms with van der Waals surface area (Å²) in [6, 6.07) is 12.0. The minimum atomic E-state index is -0.550. The predicted octanol–water partition coefficient (Wildman–Crippen LogP) is 2.93. The number of carbonyl (C=O) groups excluding carboxylic acids is 1. The van der Waals surface area contributed by atoms with Crippen molar-refractivity contribution in [3.63, 3.8) is 0 Å². The van der Waals surface area contributed by atoms with Gasteiger partial charge < -0.3 is 5.32 Å². The van der Waals surface area contributed by atoms with Crippen LogP contribution >= 0.6 is 0 Å². The van der Waals surface area contributed by atoms with Crippen molar-refractivity contribution in [1.82, 2.24) is 9.13 Å². The zero-order valence-electron chi connectivity index (χ0n) is 15.1. The highest BCUT2D eigenvalue weighted by molar-refractivity contribution is 5.97. The number of aromatic nitrogens is 2. The average molecular weight is 368 g/mol. The number of carbonyl (C=O) groups is 1. The first-order chi connectivity index (χ1) is 13.0. The zero-order chi connectivity index (χ0) is 19.6. The SMILES string of the molecule is CCn1c(=O)n(CC)c2cc([N+](=O)[O-])c(NC(=O)Cc3ccccc3)cc21. The molecule has 0 saturated heterocycles. The maximum Gasteiger partial charge on any atom is 0.329 e. The van der Waals surface area contributed by atoms with E-state index in [2.05, 4.69) is 5.32 Å². The van der Waals surface area contributed by atoms with E-state index in [-0.39, 0.29) is 29.4 Å². The first-order valence-electron chi connectivity index (χ1n) is 8.71. The minimum Gasteiger partial charge on any atom is -0.320 e. The lowest BCUT2D eigenvalue weighted by Crippen LogP contribution is -2.23. The molecule has 140 valence electrons. The van der Waals surface area contributed by atoms with Crippen LogP contribution in [0.15, 0.2) is 47.3 Å². The highest BCUT2D eigenvalue weighted by Crippen LogP contribution is 2.30. The molecule has 8 nitrogen and oxygen atoms in total. The van der Waals surface area contributed by atoms with Gasteiger partial charge in [0.05, 0.1) is 22.4 Å². The van der Waals surface area contributed by atoms with E-state index in [9.17, 15) is 19.7 Å². The molecule has 8 heteroatoms. The number of amides is 1. The molecule has 1 aromatic heterocycles. The Morgan fingerprint density at radius 2 is 1.67 bits per heavy atom. The van der Waals surface area contributed by atoms with Crippen molar-refractivity contribution in [1.29, 1.82) is 0 Å². The van der Waals surface area contributed by atoms with Crippen LogP contribution in [0.1, 0.15) is 19.4 Å². The Bertz CT molecular complexity index is 1070. The number of imidazole rings is 1. The molecule has 0 radical (unpaired) electrons. The second-order valence-corrected chi connectivity index (χ2v) is 6.10. The van der Waals surface area contributed by atoms with Gasteiger partial charge in [0, 0.05) is 19.2 Å². The van der Waals surface area contributed by atoms with Crippen molar-refractivity contribution in [2.75, 3.05) is 5.32 Å². The van der Waals surface area contributed by atoms with E-state index in [1.54, 1.807) is 0 Å². The van der Waals surface area contributed by atoms with Gasteiger partial charge in [-0.15, -0.1) is 0 Å². The van der Waals surface area contributed by atoms with Gasteiger partial charge in [-0.3, -0.25) is 24.0 Å². The van der Waals surface area contributed by atoms with Crippen LogP contribution in [0.3, 0.4) is 0 Å². The van der Waals surface area contributed by atoms with Gasteiger partial charge >= 0.3 is 5.69 Å². The van der Waals surface area contributed by atoms with Crippen LogP contribution in [-0.4, -0.2) is 20.0 Å². The van der Waals surface area contributed by atoms with Gasteiger partial charge in [0.1, 0.15) is 5.69 Å². The third-order valence-electron chi connectivity index (χ3n) is 4.45. The highest BCUT2D eigenvalue weighted by Gasteiger charge is 2.22. The number of hydrogen-bond acceptors (Lipinski definition) is 4. The molecule has 0 aliphatic heterocycles. The number of rotatable bonds is 6. The Morgan fingerprint density at radius 1 is 1.07 bits per heavy atom. The molecule has 0 saturated carbocycles. The van der Waals surface area contributed by atoms with Crippen LogP contribution in [0.4, 0.5) is 11.4 Å². The van der Waals surface area contributed by atoms with E-state index >= 15 is 0 Å². The summed E-state index contributed by atoms with van der Waals surface area (Å²) in [4.78, 5) is 35.8. The van der Waals surface area contributed by atoms with Gasteiger partial charge in [0.2, 0.25) is 5.91 Å². The summed E-state index contributed by atoms with van der Waals surface area (Å²) >= 11 is 0. The molecule has 0 unspecified atom stereocenters. The van der Waals surface area contributed by atoms with E-state index in [4.69, 9.17) is 0 Å². The first-order valence-corrected chi connectivity index (χ1v) is 8.71. The number of nitro benzene ring substituents is 1. The molecule has 1 amide bonds. The summed E-state index contributed by atoms with van der Waals surface area (Å²) < 4.78 is 3.02. The Hall–Kier alpha value is -3.42. The van der Waals surface area contributed by atoms with Crippen LogP contribution in [0.25, 0.3) is 11.0 Å². The van der Waals surface area contributed by atoms with E-state index in [1.165, 1.54) is 21.3 Å². The Kier molecular flexibility index (Phi) is 5.07. The molecule has 3 aromatic rings. The Labute approximate surface area is 155 Å². The molecule has 0 spiro atoms. The second-order valence-electron chi connectivity index (χ2n) is 6.10. The number of hydrogen-bond donors (Lipinski definition) is 1. The lowest BCUT2D eigenvalue weighted by Gasteiger charge is -2.08. The predicted molar refractivity (Wildman–Crippen MR) is 103 cm³/mol. The summed E-state index contributed by atoms with van der Waals surface area (Å²) in [6.07, 6.45) is 0.104. The van der Waals surface area contributed by atoms with Gasteiger partial charge in [-0.25, -0.2) is 4.79 Å². The summed E-state index contributed by atoms with van der Waals surface area (Å²) in [6.45, 7) is 4.47. The summed E-state index contributed by atoms with van der Waals surface area (Å²) in [5.74, 6) is -0.357. The molecule has 1 N–H and O–H groups in total. The molecule has 2 aromatic carbocycles. The summed E-state index contributed by atoms with van der Waals surface area (Å²) in [5, 5.41) is 14.2. The third kappa shape index (κ3) is 3.46. The number of nitrogens with zero attached hydrogens (tertiary/aromatic N) is 3. The lowest BCUT2D eigenvalue weighted by atomic mass is 10.1. The van der Waals surface area contributed by atoms with E-state index < -0.39 is 4.92 Å². The summed E-state index contributed by atoms with van der Waals surface area (Å²) in [5.41, 5.74) is 1.48. The monoisotopic (exact) mass is 368 g/mol. The van der Waals surface area contributed by atoms with Gasteiger partial charge in [0.15, 0.2) is 0 Å². The first kappa shape index (κ1) is 18.4. The van der Waals surface area contributed by atoms with E-state index in [1.807, 2.05) is 44.2 Å². The van der Waals surface area contributed by atoms with Crippen LogP contribution in [0.5, 0.6) is 0 Å². The van der Waals surface area contributed by atoms with Crippen molar-refractivity contribution in [2.24, 2.45) is 0 Å². The average Bonchev–Trinajstić information content (AvgIpc) is 2.91. The third-order valence-corrected chi connectivity index (χ3v) is 4.45. The highest BCUT2D eigenvalue weighted by atomic mass is 16.6. The molecule has 0 bridgehead atoms. The molecular formula is C19H20N4O4. The van der Waals surface area contributed by atoms with Gasteiger partial charge in [-0.2, -0.15) is 0 Å². The second kappa shape index (κ2) is 7.45. The van der Waals surface area contributed by atoms with Crippen molar-refractivity contribution >= 4 is 28.3 Å². The maximum absolute atomic E-state index is 12.5. The van der Waals surface area contributed by atoms with Gasteiger partial charge in [0.25, 0.3) is 5.69 Å². The van der Waals surface area contributed by atoms with Crippen molar-refractivity contribution in [2.45, 2.75) is 33.4 Å². The van der Waals surface area contributed by atoms with Crippen LogP contribution < -0.4 is 11.0 Å².